The Balaban J connectivity index is 2.54. The third kappa shape index (κ3) is 2.51. The molecule has 0 fully saturated rings. The van der Waals surface area contributed by atoms with Gasteiger partial charge in [0.05, 0.1) is 0 Å². The summed E-state index contributed by atoms with van der Waals surface area (Å²) < 4.78 is 0.922. The molecule has 0 N–H and O–H groups in total. The van der Waals surface area contributed by atoms with Gasteiger partial charge in [0, 0.05) is 38.0 Å². The lowest BCUT2D eigenvalue weighted by atomic mass is 10.1. The molecule has 15 heavy (non-hydrogen) atoms. The number of aromatic nitrogens is 1. The standard InChI is InChI=1S/C11H6BrCl2N/c12-8-3-7(5-15-6-8)10-2-1-9(13)4-11(10)14/h1-6H. The Hall–Kier alpha value is -0.570. The Labute approximate surface area is 106 Å². The van der Waals surface area contributed by atoms with E-state index in [9.17, 15) is 0 Å². The minimum Gasteiger partial charge on any atom is -0.263 e. The minimum absolute atomic E-state index is 0.627. The summed E-state index contributed by atoms with van der Waals surface area (Å²) in [6, 6.07) is 7.37. The van der Waals surface area contributed by atoms with Crippen LogP contribution in [0.2, 0.25) is 10.0 Å². The second kappa shape index (κ2) is 4.52. The van der Waals surface area contributed by atoms with Crippen molar-refractivity contribution >= 4 is 39.1 Å². The van der Waals surface area contributed by atoms with Crippen LogP contribution in [0.3, 0.4) is 0 Å². The van der Waals surface area contributed by atoms with Crippen molar-refractivity contribution in [3.8, 4) is 11.1 Å². The molecule has 76 valence electrons. The third-order valence-electron chi connectivity index (χ3n) is 1.95. The average molecular weight is 303 g/mol. The summed E-state index contributed by atoms with van der Waals surface area (Å²) in [5, 5.41) is 1.26. The number of nitrogens with zero attached hydrogens (tertiary/aromatic N) is 1. The first-order chi connectivity index (χ1) is 7.16. The first kappa shape index (κ1) is 10.9. The van der Waals surface area contributed by atoms with Gasteiger partial charge >= 0.3 is 0 Å². The van der Waals surface area contributed by atoms with Crippen molar-refractivity contribution in [2.45, 2.75) is 0 Å². The topological polar surface area (TPSA) is 12.9 Å². The predicted molar refractivity (Wildman–Crippen MR) is 67.4 cm³/mol. The van der Waals surface area contributed by atoms with Crippen molar-refractivity contribution in [3.05, 3.63) is 51.2 Å². The van der Waals surface area contributed by atoms with Crippen molar-refractivity contribution in [2.75, 3.05) is 0 Å². The molecule has 1 aromatic carbocycles. The minimum atomic E-state index is 0.627. The van der Waals surface area contributed by atoms with Crippen LogP contribution in [-0.4, -0.2) is 4.98 Å². The zero-order valence-corrected chi connectivity index (χ0v) is 10.6. The van der Waals surface area contributed by atoms with Gasteiger partial charge in [-0.1, -0.05) is 29.3 Å². The maximum atomic E-state index is 6.09. The quantitative estimate of drug-likeness (QED) is 0.736. The van der Waals surface area contributed by atoms with Crippen molar-refractivity contribution < 1.29 is 0 Å². The zero-order chi connectivity index (χ0) is 10.8. The molecule has 0 unspecified atom stereocenters. The number of pyridine rings is 1. The largest absolute Gasteiger partial charge is 0.263 e. The van der Waals surface area contributed by atoms with Crippen LogP contribution in [0.1, 0.15) is 0 Å². The highest BCUT2D eigenvalue weighted by atomic mass is 79.9. The summed E-state index contributed by atoms with van der Waals surface area (Å²) in [5.74, 6) is 0. The Morgan fingerprint density at radius 2 is 1.87 bits per heavy atom. The number of hydrogen-bond donors (Lipinski definition) is 0. The van der Waals surface area contributed by atoms with Crippen LogP contribution < -0.4 is 0 Å². The van der Waals surface area contributed by atoms with E-state index in [1.165, 1.54) is 0 Å². The lowest BCUT2D eigenvalue weighted by Crippen LogP contribution is -1.81. The van der Waals surface area contributed by atoms with E-state index in [2.05, 4.69) is 20.9 Å². The fraction of sp³-hybridized carbons (Fsp3) is 0. The Morgan fingerprint density at radius 3 is 2.53 bits per heavy atom. The van der Waals surface area contributed by atoms with Gasteiger partial charge in [-0.05, 0) is 34.1 Å². The van der Waals surface area contributed by atoms with E-state index in [1.54, 1.807) is 18.5 Å². The van der Waals surface area contributed by atoms with Crippen LogP contribution in [0.15, 0.2) is 41.1 Å². The van der Waals surface area contributed by atoms with Crippen LogP contribution in [0.4, 0.5) is 0 Å². The molecular formula is C11H6BrCl2N. The molecule has 0 radical (unpaired) electrons. The van der Waals surface area contributed by atoms with Crippen LogP contribution in [-0.2, 0) is 0 Å². The van der Waals surface area contributed by atoms with E-state index in [-0.39, 0.29) is 0 Å². The lowest BCUT2D eigenvalue weighted by Gasteiger charge is -2.04. The van der Waals surface area contributed by atoms with Crippen LogP contribution in [0, 0.1) is 0 Å². The van der Waals surface area contributed by atoms with E-state index in [4.69, 9.17) is 23.2 Å². The normalized spacial score (nSPS) is 10.3. The molecule has 0 aliphatic rings. The SMILES string of the molecule is Clc1ccc(-c2cncc(Br)c2)c(Cl)c1. The van der Waals surface area contributed by atoms with E-state index in [0.717, 1.165) is 15.6 Å². The molecule has 0 atom stereocenters. The van der Waals surface area contributed by atoms with Crippen molar-refractivity contribution in [1.29, 1.82) is 0 Å². The molecule has 0 spiro atoms. The average Bonchev–Trinajstić information content (AvgIpc) is 2.17. The van der Waals surface area contributed by atoms with Crippen molar-refractivity contribution in [1.82, 2.24) is 4.98 Å². The molecular weight excluding hydrogens is 297 g/mol. The first-order valence-corrected chi connectivity index (χ1v) is 5.78. The third-order valence-corrected chi connectivity index (χ3v) is 2.93. The van der Waals surface area contributed by atoms with E-state index in [0.29, 0.717) is 10.0 Å². The Bertz CT molecular complexity index is 500. The first-order valence-electron chi connectivity index (χ1n) is 4.23. The van der Waals surface area contributed by atoms with Crippen molar-refractivity contribution in [2.24, 2.45) is 0 Å². The van der Waals surface area contributed by atoms with Gasteiger partial charge in [-0.3, -0.25) is 4.98 Å². The molecule has 0 bridgehead atoms. The second-order valence-electron chi connectivity index (χ2n) is 3.02. The molecule has 1 nitrogen and oxygen atoms in total. The smallest absolute Gasteiger partial charge is 0.0499 e. The Morgan fingerprint density at radius 1 is 1.07 bits per heavy atom. The van der Waals surface area contributed by atoms with Gasteiger partial charge in [-0.25, -0.2) is 0 Å². The molecule has 0 saturated carbocycles. The fourth-order valence-electron chi connectivity index (χ4n) is 1.28. The van der Waals surface area contributed by atoms with Gasteiger partial charge in [-0.2, -0.15) is 0 Å². The summed E-state index contributed by atoms with van der Waals surface area (Å²) in [5.41, 5.74) is 1.89. The monoisotopic (exact) mass is 301 g/mol. The molecule has 0 amide bonds. The highest BCUT2D eigenvalue weighted by Gasteiger charge is 2.04. The Kier molecular flexibility index (Phi) is 3.29. The van der Waals surface area contributed by atoms with Crippen LogP contribution in [0.5, 0.6) is 0 Å². The summed E-state index contributed by atoms with van der Waals surface area (Å²) in [7, 11) is 0. The van der Waals surface area contributed by atoms with Gasteiger partial charge in [0.1, 0.15) is 0 Å². The molecule has 4 heteroatoms. The summed E-state index contributed by atoms with van der Waals surface area (Å²) in [4.78, 5) is 4.09. The fourth-order valence-corrected chi connectivity index (χ4v) is 2.17. The molecule has 0 aliphatic heterocycles. The second-order valence-corrected chi connectivity index (χ2v) is 4.78. The maximum Gasteiger partial charge on any atom is 0.0499 e. The highest BCUT2D eigenvalue weighted by molar-refractivity contribution is 9.10. The highest BCUT2D eigenvalue weighted by Crippen LogP contribution is 2.30. The lowest BCUT2D eigenvalue weighted by molar-refractivity contribution is 1.31. The molecule has 0 saturated heterocycles. The van der Waals surface area contributed by atoms with Gasteiger partial charge in [0.2, 0.25) is 0 Å². The molecule has 1 aromatic heterocycles. The van der Waals surface area contributed by atoms with Crippen LogP contribution >= 0.6 is 39.1 Å². The number of hydrogen-bond acceptors (Lipinski definition) is 1. The predicted octanol–water partition coefficient (Wildman–Crippen LogP) is 4.82. The number of benzene rings is 1. The van der Waals surface area contributed by atoms with Gasteiger partial charge in [0.15, 0.2) is 0 Å². The molecule has 2 rings (SSSR count). The van der Waals surface area contributed by atoms with Gasteiger partial charge in [0.25, 0.3) is 0 Å². The van der Waals surface area contributed by atoms with Crippen molar-refractivity contribution in [3.63, 3.8) is 0 Å². The van der Waals surface area contributed by atoms with Gasteiger partial charge < -0.3 is 0 Å². The van der Waals surface area contributed by atoms with Crippen LogP contribution in [0.25, 0.3) is 11.1 Å². The molecule has 0 aliphatic carbocycles. The zero-order valence-electron chi connectivity index (χ0n) is 7.55. The van der Waals surface area contributed by atoms with E-state index < -0.39 is 0 Å². The summed E-state index contributed by atoms with van der Waals surface area (Å²) in [6.07, 6.45) is 3.49. The maximum absolute atomic E-state index is 6.09. The number of rotatable bonds is 1. The van der Waals surface area contributed by atoms with E-state index >= 15 is 0 Å². The summed E-state index contributed by atoms with van der Waals surface area (Å²) >= 11 is 15.3. The summed E-state index contributed by atoms with van der Waals surface area (Å²) in [6.45, 7) is 0. The number of halogens is 3. The van der Waals surface area contributed by atoms with E-state index in [1.807, 2.05) is 18.2 Å². The molecule has 1 heterocycles. The molecule has 2 aromatic rings. The van der Waals surface area contributed by atoms with Gasteiger partial charge in [-0.15, -0.1) is 0 Å².